The highest BCUT2D eigenvalue weighted by atomic mass is 16.3. The summed E-state index contributed by atoms with van der Waals surface area (Å²) in [6, 6.07) is 7.27. The second kappa shape index (κ2) is 5.75. The highest BCUT2D eigenvalue weighted by Crippen LogP contribution is 2.05. The molecule has 1 aromatic heterocycles. The first-order valence-electron chi connectivity index (χ1n) is 6.06. The summed E-state index contributed by atoms with van der Waals surface area (Å²) >= 11 is 0. The number of para-hydroxylation sites is 1. The number of hydrogen-bond acceptors (Lipinski definition) is 4. The predicted octanol–water partition coefficient (Wildman–Crippen LogP) is 0.784. The first-order chi connectivity index (χ1) is 8.74. The van der Waals surface area contributed by atoms with E-state index in [-0.39, 0.29) is 18.2 Å². The molecule has 18 heavy (non-hydrogen) atoms. The third-order valence-electron chi connectivity index (χ3n) is 2.93. The van der Waals surface area contributed by atoms with Gasteiger partial charge in [-0.25, -0.2) is 4.98 Å². The molecule has 5 heteroatoms. The fourth-order valence-corrected chi connectivity index (χ4v) is 1.80. The summed E-state index contributed by atoms with van der Waals surface area (Å²) in [6.07, 6.45) is 0.828. The van der Waals surface area contributed by atoms with Crippen molar-refractivity contribution in [3.8, 4) is 0 Å². The van der Waals surface area contributed by atoms with Crippen molar-refractivity contribution in [3.63, 3.8) is 0 Å². The molecule has 2 rings (SSSR count). The van der Waals surface area contributed by atoms with Gasteiger partial charge in [0.05, 0.1) is 24.1 Å². The van der Waals surface area contributed by atoms with Crippen molar-refractivity contribution in [2.24, 2.45) is 0 Å². The normalized spacial score (nSPS) is 12.8. The van der Waals surface area contributed by atoms with E-state index in [1.807, 2.05) is 25.1 Å². The molecule has 1 atom stereocenters. The molecule has 0 aliphatic rings. The van der Waals surface area contributed by atoms with Crippen molar-refractivity contribution >= 4 is 10.9 Å². The molecule has 0 radical (unpaired) electrons. The standard InChI is InChI=1S/C13H17N3O2/c1-2-9(8-17)14-7-12-15-11-6-4-3-5-10(11)13(18)16-12/h3-6,9,14,17H,2,7-8H2,1H3,(H,15,16,18). The highest BCUT2D eigenvalue weighted by Gasteiger charge is 2.06. The van der Waals surface area contributed by atoms with Gasteiger partial charge in [-0.1, -0.05) is 19.1 Å². The van der Waals surface area contributed by atoms with Crippen LogP contribution >= 0.6 is 0 Å². The van der Waals surface area contributed by atoms with Gasteiger partial charge in [-0.15, -0.1) is 0 Å². The molecule has 0 fully saturated rings. The molecule has 0 aliphatic heterocycles. The van der Waals surface area contributed by atoms with Gasteiger partial charge in [0.25, 0.3) is 5.56 Å². The van der Waals surface area contributed by atoms with Gasteiger partial charge in [-0.05, 0) is 18.6 Å². The van der Waals surface area contributed by atoms with Crippen molar-refractivity contribution in [3.05, 3.63) is 40.4 Å². The Morgan fingerprint density at radius 3 is 2.94 bits per heavy atom. The number of aromatic nitrogens is 2. The van der Waals surface area contributed by atoms with Gasteiger partial charge in [0.15, 0.2) is 0 Å². The van der Waals surface area contributed by atoms with E-state index >= 15 is 0 Å². The second-order valence-electron chi connectivity index (χ2n) is 4.20. The molecule has 0 bridgehead atoms. The number of aliphatic hydroxyl groups is 1. The van der Waals surface area contributed by atoms with Gasteiger partial charge in [0, 0.05) is 6.04 Å². The molecule has 0 aliphatic carbocycles. The number of aliphatic hydroxyl groups excluding tert-OH is 1. The lowest BCUT2D eigenvalue weighted by Gasteiger charge is -2.13. The van der Waals surface area contributed by atoms with Crippen LogP contribution in [-0.4, -0.2) is 27.7 Å². The van der Waals surface area contributed by atoms with E-state index < -0.39 is 0 Å². The van der Waals surface area contributed by atoms with Crippen molar-refractivity contribution in [2.75, 3.05) is 6.61 Å². The molecule has 0 saturated heterocycles. The predicted molar refractivity (Wildman–Crippen MR) is 70.4 cm³/mol. The maximum atomic E-state index is 11.8. The number of nitrogens with one attached hydrogen (secondary N) is 2. The van der Waals surface area contributed by atoms with Crippen LogP contribution in [0.5, 0.6) is 0 Å². The van der Waals surface area contributed by atoms with Crippen molar-refractivity contribution < 1.29 is 5.11 Å². The van der Waals surface area contributed by atoms with Gasteiger partial charge in [-0.2, -0.15) is 0 Å². The maximum Gasteiger partial charge on any atom is 0.258 e. The summed E-state index contributed by atoms with van der Waals surface area (Å²) < 4.78 is 0. The third-order valence-corrected chi connectivity index (χ3v) is 2.93. The van der Waals surface area contributed by atoms with E-state index in [1.165, 1.54) is 0 Å². The van der Waals surface area contributed by atoms with Crippen LogP contribution in [0.4, 0.5) is 0 Å². The molecule has 1 unspecified atom stereocenters. The summed E-state index contributed by atoms with van der Waals surface area (Å²) in [5.41, 5.74) is 0.560. The van der Waals surface area contributed by atoms with Crippen molar-refractivity contribution in [1.82, 2.24) is 15.3 Å². The second-order valence-corrected chi connectivity index (χ2v) is 4.20. The summed E-state index contributed by atoms with van der Waals surface area (Å²) in [5, 5.41) is 12.8. The monoisotopic (exact) mass is 247 g/mol. The van der Waals surface area contributed by atoms with Crippen LogP contribution in [0.1, 0.15) is 19.2 Å². The average Bonchev–Trinajstić information content (AvgIpc) is 2.40. The minimum atomic E-state index is -0.130. The number of fused-ring (bicyclic) bond motifs is 1. The zero-order valence-corrected chi connectivity index (χ0v) is 10.3. The quantitative estimate of drug-likeness (QED) is 0.729. The van der Waals surface area contributed by atoms with Gasteiger partial charge < -0.3 is 15.4 Å². The average molecular weight is 247 g/mol. The minimum absolute atomic E-state index is 0.0294. The SMILES string of the molecule is CCC(CO)NCc1nc2ccccc2c(=O)[nH]1. The Kier molecular flexibility index (Phi) is 4.07. The van der Waals surface area contributed by atoms with Crippen LogP contribution in [0.15, 0.2) is 29.1 Å². The largest absolute Gasteiger partial charge is 0.395 e. The highest BCUT2D eigenvalue weighted by molar-refractivity contribution is 5.77. The Labute approximate surface area is 105 Å². The van der Waals surface area contributed by atoms with Gasteiger partial charge in [-0.3, -0.25) is 4.79 Å². The molecule has 3 N–H and O–H groups in total. The fraction of sp³-hybridized carbons (Fsp3) is 0.385. The van der Waals surface area contributed by atoms with Gasteiger partial charge >= 0.3 is 0 Å². The van der Waals surface area contributed by atoms with E-state index in [0.717, 1.165) is 6.42 Å². The van der Waals surface area contributed by atoms with Crippen LogP contribution in [0, 0.1) is 0 Å². The summed E-state index contributed by atoms with van der Waals surface area (Å²) in [7, 11) is 0. The van der Waals surface area contributed by atoms with E-state index in [4.69, 9.17) is 5.11 Å². The lowest BCUT2D eigenvalue weighted by Crippen LogP contribution is -2.32. The van der Waals surface area contributed by atoms with Crippen LogP contribution in [-0.2, 0) is 6.54 Å². The molecule has 0 saturated carbocycles. The van der Waals surface area contributed by atoms with Crippen LogP contribution < -0.4 is 10.9 Å². The molecule has 1 aromatic carbocycles. The van der Waals surface area contributed by atoms with Crippen molar-refractivity contribution in [2.45, 2.75) is 25.9 Å². The molecule has 2 aromatic rings. The molecule has 96 valence electrons. The Morgan fingerprint density at radius 2 is 2.22 bits per heavy atom. The van der Waals surface area contributed by atoms with Crippen LogP contribution in [0.25, 0.3) is 10.9 Å². The number of benzene rings is 1. The summed E-state index contributed by atoms with van der Waals surface area (Å²) in [5.74, 6) is 0.589. The van der Waals surface area contributed by atoms with E-state index in [0.29, 0.717) is 23.3 Å². The number of H-pyrrole nitrogens is 1. The summed E-state index contributed by atoms with van der Waals surface area (Å²) in [6.45, 7) is 2.51. The number of rotatable bonds is 5. The fourth-order valence-electron chi connectivity index (χ4n) is 1.80. The van der Waals surface area contributed by atoms with Gasteiger partial charge in [0.1, 0.15) is 5.82 Å². The molecule has 5 nitrogen and oxygen atoms in total. The number of aromatic amines is 1. The minimum Gasteiger partial charge on any atom is -0.395 e. The molecular formula is C13H17N3O2. The van der Waals surface area contributed by atoms with E-state index in [9.17, 15) is 4.79 Å². The lowest BCUT2D eigenvalue weighted by atomic mass is 10.2. The number of hydrogen-bond donors (Lipinski definition) is 3. The summed E-state index contributed by atoms with van der Waals surface area (Å²) in [4.78, 5) is 18.9. The Balaban J connectivity index is 2.22. The Hall–Kier alpha value is -1.72. The maximum absolute atomic E-state index is 11.8. The van der Waals surface area contributed by atoms with E-state index in [2.05, 4.69) is 15.3 Å². The topological polar surface area (TPSA) is 78.0 Å². The first kappa shape index (κ1) is 12.7. The Morgan fingerprint density at radius 1 is 1.44 bits per heavy atom. The van der Waals surface area contributed by atoms with Crippen LogP contribution in [0.3, 0.4) is 0 Å². The number of nitrogens with zero attached hydrogens (tertiary/aromatic N) is 1. The molecular weight excluding hydrogens is 230 g/mol. The molecule has 0 spiro atoms. The zero-order chi connectivity index (χ0) is 13.0. The smallest absolute Gasteiger partial charge is 0.258 e. The zero-order valence-electron chi connectivity index (χ0n) is 10.3. The third kappa shape index (κ3) is 2.75. The Bertz CT molecular complexity index is 576. The lowest BCUT2D eigenvalue weighted by molar-refractivity contribution is 0.237. The molecule has 1 heterocycles. The van der Waals surface area contributed by atoms with Crippen LogP contribution in [0.2, 0.25) is 0 Å². The van der Waals surface area contributed by atoms with Crippen molar-refractivity contribution in [1.29, 1.82) is 0 Å². The first-order valence-corrected chi connectivity index (χ1v) is 6.06. The van der Waals surface area contributed by atoms with Gasteiger partial charge in [0.2, 0.25) is 0 Å². The molecule has 0 amide bonds. The van der Waals surface area contributed by atoms with E-state index in [1.54, 1.807) is 6.07 Å².